The van der Waals surface area contributed by atoms with Crippen molar-refractivity contribution in [1.82, 2.24) is 0 Å². The van der Waals surface area contributed by atoms with Crippen LogP contribution in [0.15, 0.2) is 85.5 Å². The third-order valence-corrected chi connectivity index (χ3v) is 7.66. The van der Waals surface area contributed by atoms with Crippen LogP contribution in [0.25, 0.3) is 22.8 Å². The highest BCUT2D eigenvalue weighted by atomic mass is 14.2. The summed E-state index contributed by atoms with van der Waals surface area (Å²) >= 11 is 0. The smallest absolute Gasteiger partial charge is 0.00254 e. The molecule has 1 saturated carbocycles. The van der Waals surface area contributed by atoms with Gasteiger partial charge in [-0.2, -0.15) is 0 Å². The maximum absolute atomic E-state index is 4.33. The molecule has 1 unspecified atom stereocenters. The molecule has 0 bridgehead atoms. The van der Waals surface area contributed by atoms with Crippen LogP contribution >= 0.6 is 0 Å². The van der Waals surface area contributed by atoms with Gasteiger partial charge in [-0.15, -0.1) is 0 Å². The van der Waals surface area contributed by atoms with Crippen LogP contribution in [0, 0.1) is 5.92 Å². The quantitative estimate of drug-likeness (QED) is 0.332. The lowest BCUT2D eigenvalue weighted by Crippen LogP contribution is -2.07. The fourth-order valence-electron chi connectivity index (χ4n) is 5.60. The molecule has 0 nitrogen and oxygen atoms in total. The van der Waals surface area contributed by atoms with Gasteiger partial charge in [-0.25, -0.2) is 0 Å². The van der Waals surface area contributed by atoms with Crippen molar-refractivity contribution in [2.24, 2.45) is 5.92 Å². The summed E-state index contributed by atoms with van der Waals surface area (Å²) in [5, 5.41) is 0. The molecule has 0 saturated heterocycles. The second-order valence-corrected chi connectivity index (χ2v) is 10.5. The average molecular weight is 445 g/mol. The average Bonchev–Trinajstić information content (AvgIpc) is 3.33. The molecule has 0 radical (unpaired) electrons. The first-order valence-corrected chi connectivity index (χ1v) is 12.9. The van der Waals surface area contributed by atoms with Crippen LogP contribution in [0.1, 0.15) is 78.8 Å². The Morgan fingerprint density at radius 1 is 1.00 bits per heavy atom. The fourth-order valence-corrected chi connectivity index (χ4v) is 5.60. The maximum atomic E-state index is 4.33. The Hall–Kier alpha value is -3.12. The minimum atomic E-state index is 0.469. The summed E-state index contributed by atoms with van der Waals surface area (Å²) in [6.45, 7) is 13.0. The Balaban J connectivity index is 1.52. The molecule has 0 heteroatoms. The molecule has 0 aliphatic heterocycles. The Labute approximate surface area is 205 Å². The highest BCUT2D eigenvalue weighted by Crippen LogP contribution is 2.39. The highest BCUT2D eigenvalue weighted by molar-refractivity contribution is 5.80. The van der Waals surface area contributed by atoms with E-state index in [0.29, 0.717) is 11.8 Å². The van der Waals surface area contributed by atoms with Crippen molar-refractivity contribution in [2.75, 3.05) is 0 Å². The van der Waals surface area contributed by atoms with Crippen molar-refractivity contribution < 1.29 is 0 Å². The normalized spacial score (nSPS) is 17.3. The minimum absolute atomic E-state index is 0.469. The molecule has 0 heterocycles. The third-order valence-electron chi connectivity index (χ3n) is 7.66. The van der Waals surface area contributed by atoms with Gasteiger partial charge in [0.1, 0.15) is 0 Å². The Morgan fingerprint density at radius 2 is 1.82 bits per heavy atom. The van der Waals surface area contributed by atoms with Crippen LogP contribution in [0.2, 0.25) is 0 Å². The van der Waals surface area contributed by atoms with Crippen LogP contribution in [-0.2, 0) is 12.8 Å². The molecule has 2 aliphatic rings. The van der Waals surface area contributed by atoms with Crippen molar-refractivity contribution in [3.8, 4) is 11.1 Å². The van der Waals surface area contributed by atoms with E-state index in [1.165, 1.54) is 74.9 Å². The summed E-state index contributed by atoms with van der Waals surface area (Å²) in [6.07, 6.45) is 11.4. The molecule has 3 aromatic rings. The third kappa shape index (κ3) is 4.73. The summed E-state index contributed by atoms with van der Waals surface area (Å²) in [4.78, 5) is 0. The Bertz CT molecular complexity index is 1250. The van der Waals surface area contributed by atoms with Crippen molar-refractivity contribution >= 4 is 11.6 Å². The predicted octanol–water partition coefficient (Wildman–Crippen LogP) is 9.40. The lowest BCUT2D eigenvalue weighted by atomic mass is 9.80. The van der Waals surface area contributed by atoms with Gasteiger partial charge in [0.05, 0.1) is 0 Å². The van der Waals surface area contributed by atoms with E-state index in [1.807, 2.05) is 0 Å². The van der Waals surface area contributed by atoms with E-state index in [9.17, 15) is 0 Å². The predicted molar refractivity (Wildman–Crippen MR) is 148 cm³/mol. The van der Waals surface area contributed by atoms with E-state index >= 15 is 0 Å². The van der Waals surface area contributed by atoms with Gasteiger partial charge in [0, 0.05) is 0 Å². The molecule has 0 aromatic heterocycles. The number of benzene rings is 3. The van der Waals surface area contributed by atoms with Crippen molar-refractivity contribution in [1.29, 1.82) is 0 Å². The molecule has 34 heavy (non-hydrogen) atoms. The van der Waals surface area contributed by atoms with Gasteiger partial charge in [0.25, 0.3) is 0 Å². The summed E-state index contributed by atoms with van der Waals surface area (Å²) in [7, 11) is 0. The first kappa shape index (κ1) is 22.7. The largest absolute Gasteiger partial charge is 0.0998 e. The lowest BCUT2D eigenvalue weighted by Gasteiger charge is -2.25. The topological polar surface area (TPSA) is 0 Å². The van der Waals surface area contributed by atoms with Crippen LogP contribution in [-0.4, -0.2) is 0 Å². The molecular formula is C34H36. The van der Waals surface area contributed by atoms with E-state index in [2.05, 4.69) is 99.8 Å². The zero-order valence-electron chi connectivity index (χ0n) is 20.7. The molecule has 0 amide bonds. The van der Waals surface area contributed by atoms with Gasteiger partial charge in [0.15, 0.2) is 0 Å². The first-order chi connectivity index (χ1) is 16.5. The molecule has 1 atom stereocenters. The van der Waals surface area contributed by atoms with Crippen molar-refractivity contribution in [2.45, 2.75) is 58.3 Å². The summed E-state index contributed by atoms with van der Waals surface area (Å²) in [5.74, 6) is 1.06. The zero-order chi connectivity index (χ0) is 23.7. The first-order valence-electron chi connectivity index (χ1n) is 12.9. The summed E-state index contributed by atoms with van der Waals surface area (Å²) in [6, 6.07) is 23.2. The van der Waals surface area contributed by atoms with Gasteiger partial charge < -0.3 is 0 Å². The second-order valence-electron chi connectivity index (χ2n) is 10.5. The van der Waals surface area contributed by atoms with Gasteiger partial charge in [-0.3, -0.25) is 0 Å². The molecule has 1 fully saturated rings. The van der Waals surface area contributed by atoms with E-state index < -0.39 is 0 Å². The van der Waals surface area contributed by atoms with Crippen LogP contribution < -0.4 is 0 Å². The standard InChI is InChI=1S/C34H36/c1-23(2)25(4)28-16-14-26(15-17-28)19-27-20-31(30-11-5-8-24(3)18-30)22-32(21-27)34-13-7-10-29-9-6-12-33(29)34/h6-7,10,12-17,20-23,30H,3-5,8-9,11,18-19H2,1-2H3. The minimum Gasteiger partial charge on any atom is -0.0998 e. The van der Waals surface area contributed by atoms with E-state index in [-0.39, 0.29) is 0 Å². The number of fused-ring (bicyclic) bond motifs is 1. The number of rotatable bonds is 6. The fraction of sp³-hybridized carbons (Fsp3) is 0.294. The maximum Gasteiger partial charge on any atom is -0.00254 e. The molecule has 3 aromatic carbocycles. The monoisotopic (exact) mass is 444 g/mol. The van der Waals surface area contributed by atoms with E-state index in [1.54, 1.807) is 0 Å². The zero-order valence-corrected chi connectivity index (χ0v) is 20.7. The second kappa shape index (κ2) is 9.63. The van der Waals surface area contributed by atoms with Crippen LogP contribution in [0.3, 0.4) is 0 Å². The van der Waals surface area contributed by atoms with E-state index in [4.69, 9.17) is 0 Å². The highest BCUT2D eigenvalue weighted by Gasteiger charge is 2.20. The molecule has 0 N–H and O–H groups in total. The van der Waals surface area contributed by atoms with Crippen LogP contribution in [0.5, 0.6) is 0 Å². The molecule has 0 spiro atoms. The van der Waals surface area contributed by atoms with Gasteiger partial charge in [-0.05, 0) is 100 Å². The Morgan fingerprint density at radius 3 is 2.59 bits per heavy atom. The van der Waals surface area contributed by atoms with Crippen LogP contribution in [0.4, 0.5) is 0 Å². The molecule has 2 aliphatic carbocycles. The van der Waals surface area contributed by atoms with Crippen molar-refractivity contribution in [3.63, 3.8) is 0 Å². The number of allylic oxidation sites excluding steroid dienone is 3. The lowest BCUT2D eigenvalue weighted by molar-refractivity contribution is 0.524. The summed E-state index contributed by atoms with van der Waals surface area (Å²) in [5.41, 5.74) is 13.7. The number of hydrogen-bond donors (Lipinski definition) is 0. The summed E-state index contributed by atoms with van der Waals surface area (Å²) < 4.78 is 0. The SMILES string of the molecule is C=C1CCCC(c2cc(Cc3ccc(C(=C)C(C)C)cc3)cc(-c3cccc4c3C=CC4)c2)C1. The van der Waals surface area contributed by atoms with Crippen molar-refractivity contribution in [3.05, 3.63) is 119 Å². The van der Waals surface area contributed by atoms with Gasteiger partial charge >= 0.3 is 0 Å². The van der Waals surface area contributed by atoms with Gasteiger partial charge in [0.2, 0.25) is 0 Å². The van der Waals surface area contributed by atoms with E-state index in [0.717, 1.165) is 19.3 Å². The molecular weight excluding hydrogens is 408 g/mol. The molecule has 172 valence electrons. The van der Waals surface area contributed by atoms with Gasteiger partial charge in [-0.1, -0.05) is 105 Å². The Kier molecular flexibility index (Phi) is 6.42. The molecule has 5 rings (SSSR count). The number of hydrogen-bond acceptors (Lipinski definition) is 0.